The molecular weight excluding hydrogens is 252 g/mol. The monoisotopic (exact) mass is 272 g/mol. The van der Waals surface area contributed by atoms with Gasteiger partial charge in [-0.1, -0.05) is 31.0 Å². The number of fused-ring (bicyclic) bond motifs is 1. The van der Waals surface area contributed by atoms with Crippen molar-refractivity contribution in [3.8, 4) is 0 Å². The minimum absolute atomic E-state index is 0.551. The van der Waals surface area contributed by atoms with Crippen molar-refractivity contribution in [3.63, 3.8) is 0 Å². The molecule has 1 saturated carbocycles. The van der Waals surface area contributed by atoms with E-state index in [9.17, 15) is 9.90 Å². The van der Waals surface area contributed by atoms with Crippen molar-refractivity contribution in [1.82, 2.24) is 9.78 Å². The van der Waals surface area contributed by atoms with Crippen LogP contribution in [0, 0.1) is 5.41 Å². The number of aryl methyl sites for hydroxylation is 1. The Balaban J connectivity index is 2.04. The van der Waals surface area contributed by atoms with E-state index in [0.29, 0.717) is 6.42 Å². The van der Waals surface area contributed by atoms with Crippen molar-refractivity contribution in [2.75, 3.05) is 0 Å². The van der Waals surface area contributed by atoms with Crippen LogP contribution in [0.15, 0.2) is 24.3 Å². The average molecular weight is 272 g/mol. The number of benzene rings is 1. The molecule has 106 valence electrons. The lowest BCUT2D eigenvalue weighted by molar-refractivity contribution is -0.148. The van der Waals surface area contributed by atoms with Gasteiger partial charge in [0.05, 0.1) is 16.6 Å². The lowest BCUT2D eigenvalue weighted by Crippen LogP contribution is -2.30. The Morgan fingerprint density at radius 1 is 1.35 bits per heavy atom. The molecule has 0 unspecified atom stereocenters. The van der Waals surface area contributed by atoms with Gasteiger partial charge in [-0.3, -0.25) is 9.48 Å². The van der Waals surface area contributed by atoms with Crippen molar-refractivity contribution in [2.24, 2.45) is 5.41 Å². The van der Waals surface area contributed by atoms with Crippen LogP contribution in [0.4, 0.5) is 0 Å². The Kier molecular flexibility index (Phi) is 3.24. The fourth-order valence-corrected chi connectivity index (χ4v) is 3.41. The molecule has 20 heavy (non-hydrogen) atoms. The first kappa shape index (κ1) is 13.2. The highest BCUT2D eigenvalue weighted by Crippen LogP contribution is 2.42. The largest absolute Gasteiger partial charge is 0.481 e. The molecule has 1 fully saturated rings. The first-order valence-corrected chi connectivity index (χ1v) is 7.34. The second-order valence-corrected chi connectivity index (χ2v) is 5.75. The van der Waals surface area contributed by atoms with E-state index in [2.05, 4.69) is 18.1 Å². The molecule has 1 N–H and O–H groups in total. The van der Waals surface area contributed by atoms with Gasteiger partial charge in [-0.25, -0.2) is 0 Å². The normalized spacial score (nSPS) is 17.6. The number of rotatable bonds is 4. The van der Waals surface area contributed by atoms with Crippen LogP contribution in [-0.2, 0) is 17.8 Å². The quantitative estimate of drug-likeness (QED) is 0.929. The van der Waals surface area contributed by atoms with E-state index >= 15 is 0 Å². The molecule has 0 spiro atoms. The van der Waals surface area contributed by atoms with Gasteiger partial charge in [0.15, 0.2) is 0 Å². The van der Waals surface area contributed by atoms with Crippen LogP contribution in [0.1, 0.15) is 38.3 Å². The van der Waals surface area contributed by atoms with E-state index in [4.69, 9.17) is 0 Å². The number of hydrogen-bond donors (Lipinski definition) is 1. The third-order valence-corrected chi connectivity index (χ3v) is 4.55. The van der Waals surface area contributed by atoms with E-state index in [1.54, 1.807) is 0 Å². The van der Waals surface area contributed by atoms with Gasteiger partial charge >= 0.3 is 5.97 Å². The van der Waals surface area contributed by atoms with Crippen molar-refractivity contribution < 1.29 is 9.90 Å². The Bertz CT molecular complexity index is 639. The van der Waals surface area contributed by atoms with E-state index in [0.717, 1.165) is 48.8 Å². The Hall–Kier alpha value is -1.84. The summed E-state index contributed by atoms with van der Waals surface area (Å²) in [6, 6.07) is 8.10. The van der Waals surface area contributed by atoms with Gasteiger partial charge in [0.2, 0.25) is 0 Å². The highest BCUT2D eigenvalue weighted by molar-refractivity contribution is 5.83. The van der Waals surface area contributed by atoms with Crippen LogP contribution < -0.4 is 0 Å². The lowest BCUT2D eigenvalue weighted by Gasteiger charge is -2.22. The van der Waals surface area contributed by atoms with E-state index < -0.39 is 11.4 Å². The standard InChI is InChI=1S/C16H20N2O2/c1-2-18-14-8-4-3-7-12(14)13(17-18)11-16(15(19)20)9-5-6-10-16/h3-4,7-8H,2,5-6,9-11H2,1H3,(H,19,20). The molecule has 1 aliphatic rings. The molecule has 1 aromatic heterocycles. The van der Waals surface area contributed by atoms with Gasteiger partial charge in [-0.2, -0.15) is 5.10 Å². The predicted molar refractivity (Wildman–Crippen MR) is 77.6 cm³/mol. The van der Waals surface area contributed by atoms with Crippen LogP contribution in [0.2, 0.25) is 0 Å². The number of hydrogen-bond acceptors (Lipinski definition) is 2. The zero-order valence-corrected chi connectivity index (χ0v) is 11.8. The molecule has 0 saturated heterocycles. The van der Waals surface area contributed by atoms with Gasteiger partial charge in [0, 0.05) is 18.4 Å². The Labute approximate surface area is 118 Å². The van der Waals surface area contributed by atoms with Gasteiger partial charge in [0.25, 0.3) is 0 Å². The first-order chi connectivity index (χ1) is 9.66. The average Bonchev–Trinajstić information content (AvgIpc) is 3.06. The number of aliphatic carboxylic acids is 1. The molecule has 1 aliphatic carbocycles. The van der Waals surface area contributed by atoms with Crippen molar-refractivity contribution in [1.29, 1.82) is 0 Å². The van der Waals surface area contributed by atoms with E-state index in [1.807, 2.05) is 22.9 Å². The summed E-state index contributed by atoms with van der Waals surface area (Å²) in [4.78, 5) is 11.7. The maximum Gasteiger partial charge on any atom is 0.310 e. The SMILES string of the molecule is CCn1nc(CC2(C(=O)O)CCCC2)c2ccccc21. The summed E-state index contributed by atoms with van der Waals surface area (Å²) < 4.78 is 1.97. The van der Waals surface area contributed by atoms with Crippen molar-refractivity contribution >= 4 is 16.9 Å². The summed E-state index contributed by atoms with van der Waals surface area (Å²) in [5, 5.41) is 15.4. The molecule has 0 atom stereocenters. The molecule has 0 radical (unpaired) electrons. The molecule has 3 rings (SSSR count). The maximum absolute atomic E-state index is 11.7. The molecule has 4 heteroatoms. The summed E-state index contributed by atoms with van der Waals surface area (Å²) >= 11 is 0. The predicted octanol–water partition coefficient (Wildman–Crippen LogP) is 3.24. The molecule has 1 aromatic carbocycles. The Morgan fingerprint density at radius 2 is 2.05 bits per heavy atom. The van der Waals surface area contributed by atoms with Gasteiger partial charge in [-0.05, 0) is 25.8 Å². The summed E-state index contributed by atoms with van der Waals surface area (Å²) in [5.41, 5.74) is 1.44. The molecule has 0 aliphatic heterocycles. The molecular formula is C16H20N2O2. The number of aromatic nitrogens is 2. The zero-order valence-electron chi connectivity index (χ0n) is 11.8. The van der Waals surface area contributed by atoms with Crippen molar-refractivity contribution in [3.05, 3.63) is 30.0 Å². The summed E-state index contributed by atoms with van der Waals surface area (Å²) in [6.07, 6.45) is 4.12. The lowest BCUT2D eigenvalue weighted by atomic mass is 9.81. The summed E-state index contributed by atoms with van der Waals surface area (Å²) in [5.74, 6) is -0.662. The van der Waals surface area contributed by atoms with Crippen LogP contribution in [-0.4, -0.2) is 20.9 Å². The summed E-state index contributed by atoms with van der Waals surface area (Å²) in [7, 11) is 0. The van der Waals surface area contributed by atoms with Gasteiger partial charge in [0.1, 0.15) is 0 Å². The molecule has 0 amide bonds. The molecule has 4 nitrogen and oxygen atoms in total. The minimum Gasteiger partial charge on any atom is -0.481 e. The molecule has 0 bridgehead atoms. The third kappa shape index (κ3) is 1.99. The number of carbonyl (C=O) groups is 1. The fourth-order valence-electron chi connectivity index (χ4n) is 3.41. The third-order valence-electron chi connectivity index (χ3n) is 4.55. The molecule has 1 heterocycles. The highest BCUT2D eigenvalue weighted by Gasteiger charge is 2.42. The van der Waals surface area contributed by atoms with Crippen LogP contribution in [0.3, 0.4) is 0 Å². The minimum atomic E-state index is -0.662. The van der Waals surface area contributed by atoms with Gasteiger partial charge in [-0.15, -0.1) is 0 Å². The summed E-state index contributed by atoms with van der Waals surface area (Å²) in [6.45, 7) is 2.87. The first-order valence-electron chi connectivity index (χ1n) is 7.34. The topological polar surface area (TPSA) is 55.1 Å². The van der Waals surface area contributed by atoms with Gasteiger partial charge < -0.3 is 5.11 Å². The smallest absolute Gasteiger partial charge is 0.310 e. The number of carboxylic acid groups (broad SMARTS) is 1. The second kappa shape index (κ2) is 4.93. The number of nitrogens with zero attached hydrogens (tertiary/aromatic N) is 2. The maximum atomic E-state index is 11.7. The fraction of sp³-hybridized carbons (Fsp3) is 0.500. The number of carboxylic acids is 1. The zero-order chi connectivity index (χ0) is 14.2. The van der Waals surface area contributed by atoms with E-state index in [1.165, 1.54) is 0 Å². The Morgan fingerprint density at radius 3 is 2.70 bits per heavy atom. The van der Waals surface area contributed by atoms with Crippen LogP contribution >= 0.6 is 0 Å². The molecule has 2 aromatic rings. The van der Waals surface area contributed by atoms with Crippen LogP contribution in [0.25, 0.3) is 10.9 Å². The number of para-hydroxylation sites is 1. The highest BCUT2D eigenvalue weighted by atomic mass is 16.4. The van der Waals surface area contributed by atoms with Crippen molar-refractivity contribution in [2.45, 2.75) is 45.6 Å². The van der Waals surface area contributed by atoms with Crippen LogP contribution in [0.5, 0.6) is 0 Å². The van der Waals surface area contributed by atoms with E-state index in [-0.39, 0.29) is 0 Å². The second-order valence-electron chi connectivity index (χ2n) is 5.75.